The molecule has 1 aliphatic rings. The van der Waals surface area contributed by atoms with Gasteiger partial charge in [-0.2, -0.15) is 0 Å². The highest BCUT2D eigenvalue weighted by Crippen LogP contribution is 2.41. The van der Waals surface area contributed by atoms with Gasteiger partial charge in [0.2, 0.25) is 16.6 Å². The molecule has 25 heavy (non-hydrogen) atoms. The largest absolute Gasteiger partial charge is 0.465 e. The fourth-order valence-corrected chi connectivity index (χ4v) is 3.93. The molecule has 0 aliphatic carbocycles. The maximum Gasteiger partial charge on any atom is 0.310 e. The van der Waals surface area contributed by atoms with E-state index in [0.29, 0.717) is 6.61 Å². The van der Waals surface area contributed by atoms with Gasteiger partial charge in [0.1, 0.15) is 0 Å². The minimum atomic E-state index is -2.09. The van der Waals surface area contributed by atoms with E-state index in [4.69, 9.17) is 13.8 Å². The smallest absolute Gasteiger partial charge is 0.310 e. The third-order valence-corrected chi connectivity index (χ3v) is 14.6. The van der Waals surface area contributed by atoms with Crippen LogP contribution in [0.3, 0.4) is 0 Å². The van der Waals surface area contributed by atoms with Gasteiger partial charge in [-0.25, -0.2) is 0 Å². The maximum atomic E-state index is 12.1. The van der Waals surface area contributed by atoms with E-state index in [1.807, 2.05) is 6.92 Å². The van der Waals surface area contributed by atoms with Gasteiger partial charge in [0.05, 0.1) is 18.6 Å². The lowest BCUT2D eigenvalue weighted by atomic mass is 10.0. The molecule has 148 valence electrons. The summed E-state index contributed by atoms with van der Waals surface area (Å²) in [5.41, 5.74) is 0. The number of cyclic esters (lactones) is 1. The van der Waals surface area contributed by atoms with E-state index in [9.17, 15) is 4.79 Å². The molecule has 1 rings (SSSR count). The van der Waals surface area contributed by atoms with Crippen LogP contribution in [0.5, 0.6) is 0 Å². The molecule has 0 radical (unpaired) electrons. The van der Waals surface area contributed by atoms with E-state index in [2.05, 4.69) is 67.7 Å². The van der Waals surface area contributed by atoms with Crippen LogP contribution in [-0.4, -0.2) is 40.5 Å². The van der Waals surface area contributed by atoms with Crippen molar-refractivity contribution in [2.45, 2.75) is 97.2 Å². The van der Waals surface area contributed by atoms with Gasteiger partial charge < -0.3 is 13.8 Å². The molecule has 0 saturated carbocycles. The number of ether oxygens (including phenoxy) is 1. The molecule has 0 aromatic carbocycles. The van der Waals surface area contributed by atoms with Crippen molar-refractivity contribution in [3.05, 3.63) is 0 Å². The first-order valence-corrected chi connectivity index (χ1v) is 15.2. The van der Waals surface area contributed by atoms with Gasteiger partial charge >= 0.3 is 5.97 Å². The average Bonchev–Trinajstić information content (AvgIpc) is 2.80. The molecule has 1 heterocycles. The number of nitrogens with zero attached hydrogens (tertiary/aromatic N) is 1. The van der Waals surface area contributed by atoms with Crippen molar-refractivity contribution in [1.82, 2.24) is 5.23 Å². The molecule has 1 saturated heterocycles. The van der Waals surface area contributed by atoms with E-state index < -0.39 is 16.6 Å². The van der Waals surface area contributed by atoms with Gasteiger partial charge in [-0.05, 0) is 49.6 Å². The van der Waals surface area contributed by atoms with Crippen molar-refractivity contribution < 1.29 is 18.6 Å². The fourth-order valence-electron chi connectivity index (χ4n) is 2.01. The van der Waals surface area contributed by atoms with Gasteiger partial charge in [0.25, 0.3) is 0 Å². The third kappa shape index (κ3) is 5.38. The molecular weight excluding hydrogens is 350 g/mol. The van der Waals surface area contributed by atoms with Gasteiger partial charge in [-0.1, -0.05) is 46.8 Å². The minimum Gasteiger partial charge on any atom is -0.465 e. The van der Waals surface area contributed by atoms with Crippen LogP contribution < -0.4 is 0 Å². The number of carbonyl (C=O) groups excluding carboxylic acids is 1. The molecule has 2 atom stereocenters. The molecule has 1 aliphatic heterocycles. The fraction of sp³-hybridized carbons (Fsp3) is 0.944. The Morgan fingerprint density at radius 2 is 1.40 bits per heavy atom. The van der Waals surface area contributed by atoms with Crippen molar-refractivity contribution >= 4 is 22.6 Å². The predicted molar refractivity (Wildman–Crippen MR) is 107 cm³/mol. The molecule has 0 bridgehead atoms. The number of carbonyl (C=O) groups is 1. The van der Waals surface area contributed by atoms with Crippen molar-refractivity contribution in [3.63, 3.8) is 0 Å². The summed E-state index contributed by atoms with van der Waals surface area (Å²) in [5.74, 6) is -0.343. The van der Waals surface area contributed by atoms with Crippen LogP contribution in [0.4, 0.5) is 0 Å². The SMILES string of the molecule is CC(C1CCOC1=O)N(O[Si](C)(C)C(C)(C)C)O[Si](C)(C)C(C)(C)C. The highest BCUT2D eigenvalue weighted by molar-refractivity contribution is 6.74. The molecule has 0 aromatic rings. The van der Waals surface area contributed by atoms with Crippen molar-refractivity contribution in [2.24, 2.45) is 5.92 Å². The lowest BCUT2D eigenvalue weighted by Gasteiger charge is -2.46. The van der Waals surface area contributed by atoms with Gasteiger partial charge in [0.15, 0.2) is 0 Å². The van der Waals surface area contributed by atoms with E-state index in [0.717, 1.165) is 6.42 Å². The first kappa shape index (κ1) is 22.8. The van der Waals surface area contributed by atoms with E-state index in [-0.39, 0.29) is 28.0 Å². The molecule has 7 heteroatoms. The van der Waals surface area contributed by atoms with Crippen molar-refractivity contribution in [2.75, 3.05) is 6.61 Å². The Bertz CT molecular complexity index is 452. The van der Waals surface area contributed by atoms with Crippen LogP contribution in [0, 0.1) is 5.92 Å². The number of esters is 1. The second-order valence-electron chi connectivity index (χ2n) is 10.3. The summed E-state index contributed by atoms with van der Waals surface area (Å²) in [6.07, 6.45) is 0.720. The average molecular weight is 390 g/mol. The lowest BCUT2D eigenvalue weighted by molar-refractivity contribution is -0.304. The van der Waals surface area contributed by atoms with Gasteiger partial charge in [-0.3, -0.25) is 4.79 Å². The second kappa shape index (κ2) is 7.42. The monoisotopic (exact) mass is 389 g/mol. The van der Waals surface area contributed by atoms with Crippen LogP contribution in [0.15, 0.2) is 0 Å². The summed E-state index contributed by atoms with van der Waals surface area (Å²) in [6.45, 7) is 24.6. The Labute approximate surface area is 156 Å². The van der Waals surface area contributed by atoms with Crippen LogP contribution in [0.25, 0.3) is 0 Å². The Balaban J connectivity index is 3.12. The number of hydrogen-bond donors (Lipinski definition) is 0. The molecule has 0 aromatic heterocycles. The summed E-state index contributed by atoms with van der Waals surface area (Å²) in [4.78, 5) is 12.1. The summed E-state index contributed by atoms with van der Waals surface area (Å²) in [6, 6.07) is -0.168. The summed E-state index contributed by atoms with van der Waals surface area (Å²) >= 11 is 0. The minimum absolute atomic E-state index is 0.0535. The number of rotatable bonds is 6. The zero-order chi connectivity index (χ0) is 19.8. The standard InChI is InChI=1S/C18H39NO4Si2/c1-14(15-12-13-21-16(15)20)19(22-24(8,9)17(2,3)4)23-25(10,11)18(5,6)7/h14-15H,12-13H2,1-11H3. The normalized spacial score (nSPS) is 21.6. The zero-order valence-corrected chi connectivity index (χ0v) is 20.1. The predicted octanol–water partition coefficient (Wildman–Crippen LogP) is 5.11. The van der Waals surface area contributed by atoms with Crippen LogP contribution in [0.1, 0.15) is 54.9 Å². The molecule has 2 unspecified atom stereocenters. The molecule has 5 nitrogen and oxygen atoms in total. The summed E-state index contributed by atoms with van der Waals surface area (Å²) < 4.78 is 18.2. The van der Waals surface area contributed by atoms with Crippen LogP contribution in [-0.2, 0) is 18.6 Å². The molecule has 0 spiro atoms. The van der Waals surface area contributed by atoms with Crippen molar-refractivity contribution in [3.8, 4) is 0 Å². The van der Waals surface area contributed by atoms with Crippen LogP contribution in [0.2, 0.25) is 36.3 Å². The molecule has 0 N–H and O–H groups in total. The van der Waals surface area contributed by atoms with E-state index >= 15 is 0 Å². The number of hydrogen-bond acceptors (Lipinski definition) is 5. The zero-order valence-electron chi connectivity index (χ0n) is 18.1. The number of hydroxylamine groups is 2. The first-order valence-electron chi connectivity index (χ1n) is 9.34. The quantitative estimate of drug-likeness (QED) is 0.359. The second-order valence-corrected chi connectivity index (χ2v) is 19.7. The third-order valence-electron chi connectivity index (χ3n) is 6.14. The summed E-state index contributed by atoms with van der Waals surface area (Å²) in [7, 11) is -4.18. The Morgan fingerprint density at radius 1 is 1.00 bits per heavy atom. The Morgan fingerprint density at radius 3 is 1.68 bits per heavy atom. The van der Waals surface area contributed by atoms with Gasteiger partial charge in [0, 0.05) is 0 Å². The lowest BCUT2D eigenvalue weighted by Crippen LogP contribution is -2.56. The van der Waals surface area contributed by atoms with E-state index in [1.165, 1.54) is 0 Å². The molecule has 0 amide bonds. The van der Waals surface area contributed by atoms with E-state index in [1.54, 1.807) is 5.23 Å². The Kier molecular flexibility index (Phi) is 6.78. The Hall–Kier alpha value is -0.216. The molecular formula is C18H39NO4Si2. The van der Waals surface area contributed by atoms with Crippen LogP contribution >= 0.6 is 0 Å². The maximum absolute atomic E-state index is 12.1. The highest BCUT2D eigenvalue weighted by Gasteiger charge is 2.47. The molecule has 1 fully saturated rings. The topological polar surface area (TPSA) is 48.0 Å². The van der Waals surface area contributed by atoms with Gasteiger partial charge in [-0.15, -0.1) is 0 Å². The highest BCUT2D eigenvalue weighted by atomic mass is 28.4. The van der Waals surface area contributed by atoms with Crippen molar-refractivity contribution in [1.29, 1.82) is 0 Å². The first-order chi connectivity index (χ1) is 11.0. The summed E-state index contributed by atoms with van der Waals surface area (Å²) in [5, 5.41) is 1.79.